The maximum atomic E-state index is 11.9. The van der Waals surface area contributed by atoms with E-state index in [1.54, 1.807) is 0 Å². The highest BCUT2D eigenvalue weighted by molar-refractivity contribution is 5.78. The predicted molar refractivity (Wildman–Crippen MR) is 56.0 cm³/mol. The van der Waals surface area contributed by atoms with E-state index in [-0.39, 0.29) is 11.4 Å². The molecule has 1 aliphatic heterocycles. The summed E-state index contributed by atoms with van der Waals surface area (Å²) in [7, 11) is 0. The topological polar surface area (TPSA) is 38.3 Å². The molecule has 3 nitrogen and oxygen atoms in total. The van der Waals surface area contributed by atoms with Crippen molar-refractivity contribution in [2.45, 2.75) is 33.6 Å². The van der Waals surface area contributed by atoms with Gasteiger partial charge < -0.3 is 10.1 Å². The molecule has 1 atom stereocenters. The third kappa shape index (κ3) is 2.08. The SMILES string of the molecule is CCCOC(=O)C1(C(C)C)CCNC1. The van der Waals surface area contributed by atoms with Crippen molar-refractivity contribution in [3.8, 4) is 0 Å². The minimum Gasteiger partial charge on any atom is -0.465 e. The van der Waals surface area contributed by atoms with Gasteiger partial charge in [0.1, 0.15) is 0 Å². The Morgan fingerprint density at radius 1 is 1.57 bits per heavy atom. The number of esters is 1. The standard InChI is InChI=1S/C11H21NO2/c1-4-7-14-10(13)11(9(2)3)5-6-12-8-11/h9,12H,4-8H2,1-3H3. The Kier molecular flexibility index (Phi) is 3.93. The second-order valence-corrected chi connectivity index (χ2v) is 4.37. The van der Waals surface area contributed by atoms with Gasteiger partial charge in [-0.25, -0.2) is 0 Å². The van der Waals surface area contributed by atoms with Gasteiger partial charge >= 0.3 is 5.97 Å². The monoisotopic (exact) mass is 199 g/mol. The molecule has 1 unspecified atom stereocenters. The second-order valence-electron chi connectivity index (χ2n) is 4.37. The van der Waals surface area contributed by atoms with Crippen molar-refractivity contribution in [1.82, 2.24) is 5.32 Å². The van der Waals surface area contributed by atoms with Crippen molar-refractivity contribution < 1.29 is 9.53 Å². The molecule has 0 aromatic heterocycles. The lowest BCUT2D eigenvalue weighted by molar-refractivity contribution is -0.157. The summed E-state index contributed by atoms with van der Waals surface area (Å²) in [6, 6.07) is 0. The van der Waals surface area contributed by atoms with E-state index in [9.17, 15) is 4.79 Å². The van der Waals surface area contributed by atoms with Crippen molar-refractivity contribution in [2.75, 3.05) is 19.7 Å². The molecule has 82 valence electrons. The molecule has 1 aliphatic rings. The number of carbonyl (C=O) groups is 1. The summed E-state index contributed by atoms with van der Waals surface area (Å²) in [5.41, 5.74) is -0.269. The van der Waals surface area contributed by atoms with E-state index in [0.29, 0.717) is 12.5 Å². The van der Waals surface area contributed by atoms with Gasteiger partial charge in [-0.1, -0.05) is 20.8 Å². The summed E-state index contributed by atoms with van der Waals surface area (Å²) < 4.78 is 5.26. The fourth-order valence-corrected chi connectivity index (χ4v) is 1.95. The number of rotatable bonds is 4. The van der Waals surface area contributed by atoms with Gasteiger partial charge in [-0.3, -0.25) is 4.79 Å². The first kappa shape index (κ1) is 11.5. The van der Waals surface area contributed by atoms with Crippen LogP contribution in [-0.2, 0) is 9.53 Å². The Balaban J connectivity index is 2.62. The highest BCUT2D eigenvalue weighted by Gasteiger charge is 2.45. The molecule has 1 fully saturated rings. The predicted octanol–water partition coefficient (Wildman–Crippen LogP) is 1.58. The van der Waals surface area contributed by atoms with Crippen molar-refractivity contribution in [1.29, 1.82) is 0 Å². The van der Waals surface area contributed by atoms with Crippen LogP contribution in [0.25, 0.3) is 0 Å². The normalized spacial score (nSPS) is 26.9. The molecule has 1 heterocycles. The van der Waals surface area contributed by atoms with Crippen molar-refractivity contribution in [2.24, 2.45) is 11.3 Å². The van der Waals surface area contributed by atoms with Crippen LogP contribution in [0.2, 0.25) is 0 Å². The van der Waals surface area contributed by atoms with Crippen molar-refractivity contribution in [3.63, 3.8) is 0 Å². The molecule has 1 rings (SSSR count). The zero-order chi connectivity index (χ0) is 10.6. The van der Waals surface area contributed by atoms with Gasteiger partial charge in [0.05, 0.1) is 12.0 Å². The Labute approximate surface area is 86.2 Å². The van der Waals surface area contributed by atoms with Crippen LogP contribution in [0.5, 0.6) is 0 Å². The van der Waals surface area contributed by atoms with Gasteiger partial charge in [0.25, 0.3) is 0 Å². The number of nitrogens with one attached hydrogen (secondary N) is 1. The zero-order valence-electron chi connectivity index (χ0n) is 9.43. The molecular formula is C11H21NO2. The number of carbonyl (C=O) groups excluding carboxylic acids is 1. The minimum atomic E-state index is -0.269. The zero-order valence-corrected chi connectivity index (χ0v) is 9.43. The fraction of sp³-hybridized carbons (Fsp3) is 0.909. The lowest BCUT2D eigenvalue weighted by Gasteiger charge is -2.29. The molecule has 14 heavy (non-hydrogen) atoms. The van der Waals surface area contributed by atoms with E-state index in [1.165, 1.54) is 0 Å². The first-order valence-electron chi connectivity index (χ1n) is 5.51. The average Bonchev–Trinajstić information content (AvgIpc) is 2.63. The highest BCUT2D eigenvalue weighted by atomic mass is 16.5. The third-order valence-corrected chi connectivity index (χ3v) is 3.14. The van der Waals surface area contributed by atoms with E-state index >= 15 is 0 Å². The van der Waals surface area contributed by atoms with Crippen LogP contribution in [-0.4, -0.2) is 25.7 Å². The maximum absolute atomic E-state index is 11.9. The van der Waals surface area contributed by atoms with Crippen LogP contribution in [0.3, 0.4) is 0 Å². The maximum Gasteiger partial charge on any atom is 0.313 e. The summed E-state index contributed by atoms with van der Waals surface area (Å²) >= 11 is 0. The largest absolute Gasteiger partial charge is 0.465 e. The first-order chi connectivity index (χ1) is 6.63. The molecule has 0 amide bonds. The summed E-state index contributed by atoms with van der Waals surface area (Å²) in [6.07, 6.45) is 1.81. The first-order valence-corrected chi connectivity index (χ1v) is 5.51. The molecule has 3 heteroatoms. The summed E-state index contributed by atoms with van der Waals surface area (Å²) in [6.45, 7) is 8.46. The molecule has 0 radical (unpaired) electrons. The van der Waals surface area contributed by atoms with E-state index in [2.05, 4.69) is 19.2 Å². The quantitative estimate of drug-likeness (QED) is 0.698. The van der Waals surface area contributed by atoms with Gasteiger partial charge in [0, 0.05) is 6.54 Å². The smallest absolute Gasteiger partial charge is 0.313 e. The van der Waals surface area contributed by atoms with Gasteiger partial charge in [-0.2, -0.15) is 0 Å². The van der Waals surface area contributed by atoms with Gasteiger partial charge in [-0.15, -0.1) is 0 Å². The third-order valence-electron chi connectivity index (χ3n) is 3.14. The van der Waals surface area contributed by atoms with Crippen LogP contribution in [0.1, 0.15) is 33.6 Å². The molecule has 0 saturated carbocycles. The Morgan fingerprint density at radius 2 is 2.29 bits per heavy atom. The van der Waals surface area contributed by atoms with E-state index in [4.69, 9.17) is 4.74 Å². The van der Waals surface area contributed by atoms with Crippen molar-refractivity contribution >= 4 is 5.97 Å². The molecule has 0 aliphatic carbocycles. The van der Waals surface area contributed by atoms with Crippen molar-refractivity contribution in [3.05, 3.63) is 0 Å². The van der Waals surface area contributed by atoms with Gasteiger partial charge in [-0.05, 0) is 25.3 Å². The Hall–Kier alpha value is -0.570. The molecular weight excluding hydrogens is 178 g/mol. The minimum absolute atomic E-state index is 0.0145. The molecule has 1 saturated heterocycles. The van der Waals surface area contributed by atoms with E-state index in [1.807, 2.05) is 6.92 Å². The van der Waals surface area contributed by atoms with E-state index < -0.39 is 0 Å². The van der Waals surface area contributed by atoms with Crippen LogP contribution in [0, 0.1) is 11.3 Å². The molecule has 0 bridgehead atoms. The van der Waals surface area contributed by atoms with Crippen LogP contribution >= 0.6 is 0 Å². The summed E-state index contributed by atoms with van der Waals surface area (Å²) in [4.78, 5) is 11.9. The van der Waals surface area contributed by atoms with Crippen LogP contribution < -0.4 is 5.32 Å². The molecule has 0 spiro atoms. The van der Waals surface area contributed by atoms with E-state index in [0.717, 1.165) is 25.9 Å². The van der Waals surface area contributed by atoms with Gasteiger partial charge in [0.2, 0.25) is 0 Å². The van der Waals surface area contributed by atoms with Crippen LogP contribution in [0.4, 0.5) is 0 Å². The summed E-state index contributed by atoms with van der Waals surface area (Å²) in [5.74, 6) is 0.334. The number of hydrogen-bond acceptors (Lipinski definition) is 3. The lowest BCUT2D eigenvalue weighted by Crippen LogP contribution is -2.39. The highest BCUT2D eigenvalue weighted by Crippen LogP contribution is 2.35. The fourth-order valence-electron chi connectivity index (χ4n) is 1.95. The van der Waals surface area contributed by atoms with Gasteiger partial charge in [0.15, 0.2) is 0 Å². The average molecular weight is 199 g/mol. The molecule has 1 N–H and O–H groups in total. The number of ether oxygens (including phenoxy) is 1. The Morgan fingerprint density at radius 3 is 2.71 bits per heavy atom. The summed E-state index contributed by atoms with van der Waals surface area (Å²) in [5, 5.41) is 3.25. The number of hydrogen-bond donors (Lipinski definition) is 1. The molecule has 0 aromatic rings. The second kappa shape index (κ2) is 4.78. The van der Waals surface area contributed by atoms with Crippen LogP contribution in [0.15, 0.2) is 0 Å². The lowest BCUT2D eigenvalue weighted by atomic mass is 9.76. The molecule has 0 aromatic carbocycles. The Bertz CT molecular complexity index is 195.